The zero-order valence-corrected chi connectivity index (χ0v) is 11.1. The molecule has 0 saturated heterocycles. The number of aryl methyl sites for hydroxylation is 1. The summed E-state index contributed by atoms with van der Waals surface area (Å²) in [5, 5.41) is 29.2. The van der Waals surface area contributed by atoms with Crippen molar-refractivity contribution in [3.8, 4) is 11.5 Å². The smallest absolute Gasteiger partial charge is 0.339 e. The molecule has 4 heteroatoms. The van der Waals surface area contributed by atoms with Gasteiger partial charge < -0.3 is 15.3 Å². The minimum atomic E-state index is -1.15. The van der Waals surface area contributed by atoms with Crippen LogP contribution in [0.25, 0.3) is 0 Å². The van der Waals surface area contributed by atoms with Gasteiger partial charge in [0.15, 0.2) is 0 Å². The number of phenols is 2. The molecule has 1 aliphatic carbocycles. The number of rotatable bonds is 3. The molecular formula is C15H20O4. The molecule has 0 aliphatic heterocycles. The Morgan fingerprint density at radius 2 is 1.89 bits per heavy atom. The van der Waals surface area contributed by atoms with E-state index >= 15 is 0 Å². The van der Waals surface area contributed by atoms with Gasteiger partial charge >= 0.3 is 5.97 Å². The minimum Gasteiger partial charge on any atom is -0.508 e. The number of benzene rings is 1. The van der Waals surface area contributed by atoms with Crippen LogP contribution in [0.5, 0.6) is 11.5 Å². The van der Waals surface area contributed by atoms with Crippen LogP contribution >= 0.6 is 0 Å². The highest BCUT2D eigenvalue weighted by atomic mass is 16.4. The number of aromatic hydroxyl groups is 2. The molecule has 0 amide bonds. The fourth-order valence-corrected chi connectivity index (χ4v) is 2.97. The van der Waals surface area contributed by atoms with Crippen molar-refractivity contribution >= 4 is 5.97 Å². The van der Waals surface area contributed by atoms with Gasteiger partial charge in [0.1, 0.15) is 17.1 Å². The molecule has 1 aromatic rings. The summed E-state index contributed by atoms with van der Waals surface area (Å²) in [4.78, 5) is 11.2. The molecule has 1 aromatic carbocycles. The molecule has 3 N–H and O–H groups in total. The normalized spacial score (nSPS) is 16.5. The van der Waals surface area contributed by atoms with Crippen LogP contribution in [0.1, 0.15) is 53.6 Å². The quantitative estimate of drug-likeness (QED) is 0.783. The van der Waals surface area contributed by atoms with Crippen LogP contribution in [-0.4, -0.2) is 21.3 Å². The van der Waals surface area contributed by atoms with Crippen molar-refractivity contribution in [3.05, 3.63) is 22.8 Å². The summed E-state index contributed by atoms with van der Waals surface area (Å²) in [6, 6.07) is 1.43. The summed E-state index contributed by atoms with van der Waals surface area (Å²) in [5.41, 5.74) is 0.674. The molecule has 1 aliphatic rings. The molecule has 1 saturated carbocycles. The zero-order chi connectivity index (χ0) is 14.0. The van der Waals surface area contributed by atoms with E-state index < -0.39 is 5.97 Å². The first-order chi connectivity index (χ1) is 9.00. The molecule has 0 bridgehead atoms. The number of carboxylic acids is 1. The molecular weight excluding hydrogens is 244 g/mol. The van der Waals surface area contributed by atoms with E-state index in [1.54, 1.807) is 6.92 Å². The monoisotopic (exact) mass is 264 g/mol. The summed E-state index contributed by atoms with van der Waals surface area (Å²) >= 11 is 0. The van der Waals surface area contributed by atoms with Gasteiger partial charge in [-0.1, -0.05) is 32.1 Å². The largest absolute Gasteiger partial charge is 0.508 e. The summed E-state index contributed by atoms with van der Waals surface area (Å²) in [5.74, 6) is -0.990. The summed E-state index contributed by atoms with van der Waals surface area (Å²) in [6.45, 7) is 1.58. The number of phenolic OH excluding ortho intramolecular Hbond substituents is 1. The van der Waals surface area contributed by atoms with E-state index in [1.807, 2.05) is 0 Å². The Morgan fingerprint density at radius 1 is 1.26 bits per heavy atom. The third kappa shape index (κ3) is 2.83. The van der Waals surface area contributed by atoms with Crippen LogP contribution in [0.4, 0.5) is 0 Å². The molecule has 0 heterocycles. The first-order valence-corrected chi connectivity index (χ1v) is 6.78. The van der Waals surface area contributed by atoms with Crippen LogP contribution in [0.3, 0.4) is 0 Å². The highest BCUT2D eigenvalue weighted by molar-refractivity contribution is 5.93. The van der Waals surface area contributed by atoms with Gasteiger partial charge in [-0.2, -0.15) is 0 Å². The Kier molecular flexibility index (Phi) is 3.98. The lowest BCUT2D eigenvalue weighted by molar-refractivity contribution is 0.0692. The second-order valence-electron chi connectivity index (χ2n) is 5.43. The van der Waals surface area contributed by atoms with Gasteiger partial charge in [-0.3, -0.25) is 0 Å². The molecule has 4 nitrogen and oxygen atoms in total. The number of hydrogen-bond acceptors (Lipinski definition) is 3. The topological polar surface area (TPSA) is 77.8 Å². The number of hydrogen-bond donors (Lipinski definition) is 3. The lowest BCUT2D eigenvalue weighted by Crippen LogP contribution is -2.11. The Hall–Kier alpha value is -1.71. The van der Waals surface area contributed by atoms with Gasteiger partial charge in [0.2, 0.25) is 0 Å². The Morgan fingerprint density at radius 3 is 2.47 bits per heavy atom. The molecule has 19 heavy (non-hydrogen) atoms. The van der Waals surface area contributed by atoms with Crippen molar-refractivity contribution < 1.29 is 20.1 Å². The van der Waals surface area contributed by atoms with Gasteiger partial charge in [-0.25, -0.2) is 4.79 Å². The number of carbonyl (C=O) groups is 1. The molecule has 2 rings (SSSR count). The van der Waals surface area contributed by atoms with E-state index in [0.29, 0.717) is 23.5 Å². The summed E-state index contributed by atoms with van der Waals surface area (Å²) in [7, 11) is 0. The highest BCUT2D eigenvalue weighted by Gasteiger charge is 2.23. The maximum atomic E-state index is 11.2. The van der Waals surface area contributed by atoms with E-state index in [9.17, 15) is 15.0 Å². The summed E-state index contributed by atoms with van der Waals surface area (Å²) < 4.78 is 0. The zero-order valence-electron chi connectivity index (χ0n) is 11.1. The van der Waals surface area contributed by atoms with Crippen LogP contribution in [0.15, 0.2) is 6.07 Å². The second kappa shape index (κ2) is 5.51. The second-order valence-corrected chi connectivity index (χ2v) is 5.43. The predicted molar refractivity (Wildman–Crippen MR) is 71.7 cm³/mol. The van der Waals surface area contributed by atoms with Gasteiger partial charge in [0.05, 0.1) is 0 Å². The standard InChI is InChI=1S/C15H20O4/c1-9-7-12(16)11(14(17)13(9)15(18)19)8-10-5-3-2-4-6-10/h7,10,16-17H,2-6,8H2,1H3,(H,18,19). The van der Waals surface area contributed by atoms with Crippen molar-refractivity contribution in [3.63, 3.8) is 0 Å². The van der Waals surface area contributed by atoms with Crippen LogP contribution in [0.2, 0.25) is 0 Å². The first-order valence-electron chi connectivity index (χ1n) is 6.78. The van der Waals surface area contributed by atoms with Crippen molar-refractivity contribution in [1.82, 2.24) is 0 Å². The molecule has 0 radical (unpaired) electrons. The molecule has 0 atom stereocenters. The van der Waals surface area contributed by atoms with Gasteiger partial charge in [0, 0.05) is 5.56 Å². The van der Waals surface area contributed by atoms with Crippen molar-refractivity contribution in [2.24, 2.45) is 5.92 Å². The van der Waals surface area contributed by atoms with E-state index in [2.05, 4.69) is 0 Å². The van der Waals surface area contributed by atoms with E-state index in [0.717, 1.165) is 12.8 Å². The minimum absolute atomic E-state index is 0.00516. The predicted octanol–water partition coefficient (Wildman–Crippen LogP) is 3.23. The number of aromatic carboxylic acids is 1. The third-order valence-corrected chi connectivity index (χ3v) is 4.01. The van der Waals surface area contributed by atoms with Crippen LogP contribution < -0.4 is 0 Å². The van der Waals surface area contributed by atoms with E-state index in [4.69, 9.17) is 5.11 Å². The number of carboxylic acid groups (broad SMARTS) is 1. The van der Waals surface area contributed by atoms with Gasteiger partial charge in [-0.15, -0.1) is 0 Å². The Labute approximate surface area is 112 Å². The van der Waals surface area contributed by atoms with Gasteiger partial charge in [0.25, 0.3) is 0 Å². The molecule has 0 unspecified atom stereocenters. The fraction of sp³-hybridized carbons (Fsp3) is 0.533. The van der Waals surface area contributed by atoms with Crippen LogP contribution in [-0.2, 0) is 6.42 Å². The van der Waals surface area contributed by atoms with Crippen LogP contribution in [0, 0.1) is 12.8 Å². The molecule has 0 spiro atoms. The Bertz CT molecular complexity index is 487. The molecule has 104 valence electrons. The van der Waals surface area contributed by atoms with Crippen molar-refractivity contribution in [2.75, 3.05) is 0 Å². The summed E-state index contributed by atoms with van der Waals surface area (Å²) in [6.07, 6.45) is 6.29. The maximum Gasteiger partial charge on any atom is 0.339 e. The van der Waals surface area contributed by atoms with E-state index in [1.165, 1.54) is 25.3 Å². The lowest BCUT2D eigenvalue weighted by atomic mass is 9.83. The van der Waals surface area contributed by atoms with Crippen molar-refractivity contribution in [1.29, 1.82) is 0 Å². The lowest BCUT2D eigenvalue weighted by Gasteiger charge is -2.23. The maximum absolute atomic E-state index is 11.2. The third-order valence-electron chi connectivity index (χ3n) is 4.01. The fourth-order valence-electron chi connectivity index (χ4n) is 2.97. The first kappa shape index (κ1) is 13.7. The average Bonchev–Trinajstić information content (AvgIpc) is 2.35. The van der Waals surface area contributed by atoms with Crippen molar-refractivity contribution in [2.45, 2.75) is 45.4 Å². The highest BCUT2D eigenvalue weighted by Crippen LogP contribution is 2.37. The SMILES string of the molecule is Cc1cc(O)c(CC2CCCCC2)c(O)c1C(=O)O. The van der Waals surface area contributed by atoms with E-state index in [-0.39, 0.29) is 17.1 Å². The molecule has 1 fully saturated rings. The van der Waals surface area contributed by atoms with Gasteiger partial charge in [-0.05, 0) is 30.9 Å². The average molecular weight is 264 g/mol. The Balaban J connectivity index is 2.33. The molecule has 0 aromatic heterocycles.